The summed E-state index contributed by atoms with van der Waals surface area (Å²) in [5.74, 6) is -1.08. The summed E-state index contributed by atoms with van der Waals surface area (Å²) in [6.45, 7) is 2.99. The number of alkyl halides is 1. The van der Waals surface area contributed by atoms with Crippen LogP contribution in [-0.4, -0.2) is 69.4 Å². The number of aliphatic imine (C=N–C) groups is 1. The molecule has 5 heterocycles. The van der Waals surface area contributed by atoms with Gasteiger partial charge in [-0.05, 0) is 36.6 Å². The summed E-state index contributed by atoms with van der Waals surface area (Å²) in [6, 6.07) is 4.52. The number of fused-ring (bicyclic) bond motifs is 1. The van der Waals surface area contributed by atoms with Gasteiger partial charge >= 0.3 is 5.97 Å². The molecule has 1 fully saturated rings. The maximum Gasteiger partial charge on any atom is 0.348 e. The summed E-state index contributed by atoms with van der Waals surface area (Å²) >= 11 is 5.83. The van der Waals surface area contributed by atoms with Gasteiger partial charge in [0.1, 0.15) is 17.3 Å². The lowest BCUT2D eigenvalue weighted by Crippen LogP contribution is -2.35. The highest BCUT2D eigenvalue weighted by atomic mass is 35.5. The molecule has 4 atom stereocenters. The molecule has 9 nitrogen and oxygen atoms in total. The van der Waals surface area contributed by atoms with Crippen LogP contribution in [0.15, 0.2) is 47.0 Å². The molecule has 1 aromatic carbocycles. The van der Waals surface area contributed by atoms with E-state index in [-0.39, 0.29) is 24.3 Å². The average Bonchev–Trinajstić information content (AvgIpc) is 3.42. The number of dihydropyridines is 1. The Bertz CT molecular complexity index is 1390. The van der Waals surface area contributed by atoms with Crippen LogP contribution in [0.2, 0.25) is 5.02 Å². The van der Waals surface area contributed by atoms with Crippen LogP contribution < -0.4 is 4.74 Å². The zero-order chi connectivity index (χ0) is 27.8. The third-order valence-corrected chi connectivity index (χ3v) is 7.81. The van der Waals surface area contributed by atoms with Crippen molar-refractivity contribution in [3.8, 4) is 5.88 Å². The van der Waals surface area contributed by atoms with E-state index in [9.17, 15) is 14.3 Å². The van der Waals surface area contributed by atoms with Crippen LogP contribution in [0.25, 0.3) is 0 Å². The number of nitrogens with zero attached hydrogens (tertiary/aromatic N) is 4. The van der Waals surface area contributed by atoms with Gasteiger partial charge in [0.15, 0.2) is 12.4 Å². The summed E-state index contributed by atoms with van der Waals surface area (Å²) in [5.41, 5.74) is 2.56. The van der Waals surface area contributed by atoms with E-state index in [2.05, 4.69) is 16.0 Å². The number of allylic oxidation sites excluding steroid dienone is 1. The molecule has 4 aliphatic rings. The Labute approximate surface area is 234 Å². The van der Waals surface area contributed by atoms with E-state index in [0.29, 0.717) is 49.1 Å². The Morgan fingerprint density at radius 3 is 2.88 bits per heavy atom. The fourth-order valence-corrected chi connectivity index (χ4v) is 5.41. The monoisotopic (exact) mass is 574 g/mol. The number of rotatable bonds is 9. The molecule has 0 spiro atoms. The Morgan fingerprint density at radius 1 is 1.32 bits per heavy atom. The minimum atomic E-state index is -1.79. The number of carboxylic acids is 1. The summed E-state index contributed by atoms with van der Waals surface area (Å²) in [4.78, 5) is 22.8. The lowest BCUT2D eigenvalue weighted by atomic mass is 10.0. The molecular formula is C28H29ClF2N4O5. The Kier molecular flexibility index (Phi) is 7.71. The summed E-state index contributed by atoms with van der Waals surface area (Å²) < 4.78 is 47.7. The molecule has 0 radical (unpaired) electrons. The molecule has 0 aliphatic carbocycles. The van der Waals surface area contributed by atoms with Crippen molar-refractivity contribution in [1.82, 2.24) is 14.5 Å². The van der Waals surface area contributed by atoms with Crippen molar-refractivity contribution in [1.29, 1.82) is 0 Å². The van der Waals surface area contributed by atoms with Gasteiger partial charge in [0.2, 0.25) is 12.0 Å². The maximum atomic E-state index is 15.0. The van der Waals surface area contributed by atoms with E-state index >= 15 is 4.39 Å². The largest absolute Gasteiger partial charge is 0.478 e. The molecule has 4 aliphatic heterocycles. The molecule has 0 saturated carbocycles. The van der Waals surface area contributed by atoms with Gasteiger partial charge in [0, 0.05) is 36.7 Å². The number of hydrogen-bond donors (Lipinski definition) is 1. The Hall–Kier alpha value is -3.12. The van der Waals surface area contributed by atoms with Crippen LogP contribution in [0.4, 0.5) is 8.78 Å². The van der Waals surface area contributed by atoms with Crippen LogP contribution in [0.5, 0.6) is 5.88 Å². The summed E-state index contributed by atoms with van der Waals surface area (Å²) in [7, 11) is 0. The highest BCUT2D eigenvalue weighted by molar-refractivity contribution is 6.30. The second-order valence-electron chi connectivity index (χ2n) is 10.3. The van der Waals surface area contributed by atoms with Gasteiger partial charge in [-0.3, -0.25) is 9.89 Å². The summed E-state index contributed by atoms with van der Waals surface area (Å²) in [5, 5.41) is 9.64. The number of halogens is 3. The molecular weight excluding hydrogens is 546 g/mol. The molecule has 40 heavy (non-hydrogen) atoms. The first kappa shape index (κ1) is 27.1. The number of hydrogen-bond acceptors (Lipinski definition) is 7. The van der Waals surface area contributed by atoms with E-state index < -0.39 is 30.3 Å². The smallest absolute Gasteiger partial charge is 0.348 e. The van der Waals surface area contributed by atoms with Gasteiger partial charge in [-0.2, -0.15) is 4.98 Å². The predicted molar refractivity (Wildman–Crippen MR) is 142 cm³/mol. The van der Waals surface area contributed by atoms with Gasteiger partial charge in [0.25, 0.3) is 0 Å². The fourth-order valence-electron chi connectivity index (χ4n) is 5.25. The van der Waals surface area contributed by atoms with Crippen molar-refractivity contribution in [3.63, 3.8) is 0 Å². The van der Waals surface area contributed by atoms with Crippen LogP contribution in [0.3, 0.4) is 0 Å². The standard InChI is InChI=1S/C28H29ClF2N4O5/c29-18-5-4-17(20(30)12-18)15-39-23-3-1-2-21(32-23)16-6-9-34(10-7-16)14-22-33-27-25(24(31)26(40-27)28(36)37)35(22)13-19-8-11-38-19/h1-2,4-6,12,19,23-24,26H,3,7-11,13-15H2,(H,36,37). The molecule has 212 valence electrons. The topological polar surface area (TPSA) is 98.4 Å². The average molecular weight is 575 g/mol. The lowest BCUT2D eigenvalue weighted by molar-refractivity contribution is -0.147. The Morgan fingerprint density at radius 2 is 2.17 bits per heavy atom. The zero-order valence-corrected chi connectivity index (χ0v) is 22.4. The van der Waals surface area contributed by atoms with Crippen molar-refractivity contribution in [2.75, 3.05) is 19.7 Å². The normalized spacial score (nSPS) is 26.1. The van der Waals surface area contributed by atoms with E-state index in [1.165, 1.54) is 6.07 Å². The summed E-state index contributed by atoms with van der Waals surface area (Å²) in [6.07, 6.45) is 4.50. The fraction of sp³-hybridized carbons (Fsp3) is 0.464. The van der Waals surface area contributed by atoms with Crippen molar-refractivity contribution in [3.05, 3.63) is 69.9 Å². The van der Waals surface area contributed by atoms with Gasteiger partial charge < -0.3 is 23.9 Å². The van der Waals surface area contributed by atoms with Gasteiger partial charge in [0.05, 0.1) is 31.5 Å². The van der Waals surface area contributed by atoms with Crippen molar-refractivity contribution in [2.45, 2.75) is 63.6 Å². The number of aliphatic carboxylic acids is 1. The molecule has 0 amide bonds. The third-order valence-electron chi connectivity index (χ3n) is 7.57. The zero-order valence-electron chi connectivity index (χ0n) is 21.6. The van der Waals surface area contributed by atoms with Crippen LogP contribution in [-0.2, 0) is 34.0 Å². The molecule has 1 N–H and O–H groups in total. The first-order chi connectivity index (χ1) is 19.4. The van der Waals surface area contributed by atoms with Gasteiger partial charge in [-0.25, -0.2) is 13.6 Å². The first-order valence-electron chi connectivity index (χ1n) is 13.3. The number of imidazole rings is 1. The molecule has 1 saturated heterocycles. The number of ether oxygens (including phenoxy) is 3. The van der Waals surface area contributed by atoms with Crippen LogP contribution >= 0.6 is 11.6 Å². The van der Waals surface area contributed by atoms with E-state index in [4.69, 9.17) is 30.8 Å². The molecule has 12 heteroatoms. The minimum absolute atomic E-state index is 0.0497. The number of benzene rings is 1. The highest BCUT2D eigenvalue weighted by Gasteiger charge is 2.45. The van der Waals surface area contributed by atoms with Gasteiger partial charge in [-0.15, -0.1) is 0 Å². The number of carbonyl (C=O) groups is 1. The highest BCUT2D eigenvalue weighted by Crippen LogP contribution is 2.40. The van der Waals surface area contributed by atoms with E-state index in [1.54, 1.807) is 16.7 Å². The van der Waals surface area contributed by atoms with Gasteiger partial charge in [-0.1, -0.05) is 29.8 Å². The number of carboxylic acid groups (broad SMARTS) is 1. The minimum Gasteiger partial charge on any atom is -0.478 e. The molecule has 2 aromatic rings. The van der Waals surface area contributed by atoms with E-state index in [0.717, 1.165) is 30.7 Å². The quantitative estimate of drug-likeness (QED) is 0.474. The van der Waals surface area contributed by atoms with Crippen LogP contribution in [0, 0.1) is 5.82 Å². The number of aromatic nitrogens is 2. The maximum absolute atomic E-state index is 15.0. The molecule has 6 rings (SSSR count). The first-order valence-corrected chi connectivity index (χ1v) is 13.7. The Balaban J connectivity index is 1.11. The second-order valence-corrected chi connectivity index (χ2v) is 10.7. The SMILES string of the molecule is O=C(O)C1Oc2nc(CN3CC=C(C4=NC(OCc5ccc(Cl)cc5F)CC=C4)CC3)n(CC3CCO3)c2C1F. The van der Waals surface area contributed by atoms with Crippen molar-refractivity contribution in [2.24, 2.45) is 4.99 Å². The third kappa shape index (κ3) is 5.56. The van der Waals surface area contributed by atoms with Crippen LogP contribution in [0.1, 0.15) is 42.5 Å². The molecule has 1 aromatic heterocycles. The van der Waals surface area contributed by atoms with Crippen molar-refractivity contribution < 1.29 is 32.9 Å². The molecule has 0 bridgehead atoms. The molecule has 4 unspecified atom stereocenters. The lowest BCUT2D eigenvalue weighted by Gasteiger charge is -2.30. The van der Waals surface area contributed by atoms with E-state index in [1.807, 2.05) is 12.2 Å². The predicted octanol–water partition coefficient (Wildman–Crippen LogP) is 4.40. The van der Waals surface area contributed by atoms with Crippen molar-refractivity contribution >= 4 is 23.3 Å². The second kappa shape index (κ2) is 11.4.